The van der Waals surface area contributed by atoms with Crippen molar-refractivity contribution in [3.05, 3.63) is 0 Å². The molecule has 0 aromatic carbocycles. The Morgan fingerprint density at radius 3 is 1.85 bits per heavy atom. The van der Waals surface area contributed by atoms with E-state index >= 15 is 0 Å². The van der Waals surface area contributed by atoms with Crippen molar-refractivity contribution in [1.82, 2.24) is 0 Å². The topological polar surface area (TPSA) is 78.9 Å². The third-order valence-electron chi connectivity index (χ3n) is 3.82. The summed E-state index contributed by atoms with van der Waals surface area (Å²) >= 11 is 0. The van der Waals surface area contributed by atoms with Gasteiger partial charge in [-0.1, -0.05) is 20.8 Å². The van der Waals surface area contributed by atoms with Gasteiger partial charge < -0.3 is 14.2 Å². The summed E-state index contributed by atoms with van der Waals surface area (Å²) in [6.07, 6.45) is 5.59. The van der Waals surface area contributed by atoms with E-state index in [0.29, 0.717) is 51.6 Å². The van der Waals surface area contributed by atoms with Gasteiger partial charge in [-0.2, -0.15) is 0 Å². The van der Waals surface area contributed by atoms with E-state index in [-0.39, 0.29) is 30.1 Å². The molecule has 0 aromatic rings. The Bertz CT molecular complexity index is 407. The maximum atomic E-state index is 11.8. The minimum Gasteiger partial charge on any atom is -0.466 e. The molecule has 152 valence electrons. The van der Waals surface area contributed by atoms with E-state index in [2.05, 4.69) is 0 Å². The summed E-state index contributed by atoms with van der Waals surface area (Å²) in [4.78, 5) is 34.7. The molecule has 0 amide bonds. The van der Waals surface area contributed by atoms with E-state index in [1.54, 1.807) is 0 Å². The lowest BCUT2D eigenvalue weighted by molar-refractivity contribution is -0.153. The van der Waals surface area contributed by atoms with E-state index in [9.17, 15) is 14.4 Å². The molecule has 6 heteroatoms. The quantitative estimate of drug-likeness (QED) is 0.242. The lowest BCUT2D eigenvalue weighted by Crippen LogP contribution is -2.22. The van der Waals surface area contributed by atoms with Crippen LogP contribution < -0.4 is 0 Å². The maximum absolute atomic E-state index is 11.8. The first-order chi connectivity index (χ1) is 12.4. The van der Waals surface area contributed by atoms with E-state index in [1.807, 2.05) is 27.7 Å². The number of hydrogen-bond donors (Lipinski definition) is 0. The highest BCUT2D eigenvalue weighted by Gasteiger charge is 2.17. The Hall–Kier alpha value is -1.59. The van der Waals surface area contributed by atoms with Crippen LogP contribution in [-0.4, -0.2) is 36.7 Å². The maximum Gasteiger partial charge on any atom is 0.306 e. The standard InChI is InChI=1S/C20H36O6/c1-5-9-18(21)24-15-8-12-17(26-20(23)11-7-3)14-13-16(4)25-19(22)10-6-2/h16-17H,5-15H2,1-4H3/t16-,17-/m1/s1. The van der Waals surface area contributed by atoms with E-state index in [1.165, 1.54) is 0 Å². The highest BCUT2D eigenvalue weighted by atomic mass is 16.6. The van der Waals surface area contributed by atoms with Crippen LogP contribution in [-0.2, 0) is 28.6 Å². The second kappa shape index (κ2) is 15.6. The van der Waals surface area contributed by atoms with Crippen LogP contribution in [0.25, 0.3) is 0 Å². The van der Waals surface area contributed by atoms with Gasteiger partial charge in [-0.05, 0) is 51.9 Å². The summed E-state index contributed by atoms with van der Waals surface area (Å²) in [5.41, 5.74) is 0. The molecule has 0 aromatic heterocycles. The van der Waals surface area contributed by atoms with Crippen LogP contribution in [0, 0.1) is 0 Å². The van der Waals surface area contributed by atoms with Crippen molar-refractivity contribution in [2.24, 2.45) is 0 Å². The first kappa shape index (κ1) is 24.4. The van der Waals surface area contributed by atoms with Crippen molar-refractivity contribution in [1.29, 1.82) is 0 Å². The molecule has 0 heterocycles. The Morgan fingerprint density at radius 1 is 0.731 bits per heavy atom. The van der Waals surface area contributed by atoms with Crippen LogP contribution in [0.15, 0.2) is 0 Å². The second-order valence-corrected chi connectivity index (χ2v) is 6.60. The van der Waals surface area contributed by atoms with Crippen molar-refractivity contribution in [3.8, 4) is 0 Å². The van der Waals surface area contributed by atoms with Gasteiger partial charge in [0.2, 0.25) is 0 Å². The molecule has 26 heavy (non-hydrogen) atoms. The molecular formula is C20H36O6. The van der Waals surface area contributed by atoms with Gasteiger partial charge in [0, 0.05) is 19.3 Å². The predicted molar refractivity (Wildman–Crippen MR) is 99.6 cm³/mol. The van der Waals surface area contributed by atoms with Gasteiger partial charge in [-0.15, -0.1) is 0 Å². The molecule has 0 unspecified atom stereocenters. The summed E-state index contributed by atoms with van der Waals surface area (Å²) in [6.45, 7) is 7.98. The summed E-state index contributed by atoms with van der Waals surface area (Å²) in [7, 11) is 0. The largest absolute Gasteiger partial charge is 0.466 e. The van der Waals surface area contributed by atoms with Gasteiger partial charge in [-0.3, -0.25) is 14.4 Å². The molecule has 0 saturated heterocycles. The highest BCUT2D eigenvalue weighted by molar-refractivity contribution is 5.70. The number of ether oxygens (including phenoxy) is 3. The SMILES string of the molecule is CCCC(=O)OCCC[C@H](CC[C@@H](C)OC(=O)CCC)OC(=O)CCC. The zero-order chi connectivity index (χ0) is 19.8. The molecular weight excluding hydrogens is 336 g/mol. The summed E-state index contributed by atoms with van der Waals surface area (Å²) in [5.74, 6) is -0.595. The Labute approximate surface area is 157 Å². The molecule has 0 N–H and O–H groups in total. The van der Waals surface area contributed by atoms with Gasteiger partial charge in [0.1, 0.15) is 6.10 Å². The zero-order valence-electron chi connectivity index (χ0n) is 16.9. The fraction of sp³-hybridized carbons (Fsp3) is 0.850. The summed E-state index contributed by atoms with van der Waals surface area (Å²) < 4.78 is 16.0. The Balaban J connectivity index is 4.30. The minimum absolute atomic E-state index is 0.191. The number of esters is 3. The van der Waals surface area contributed by atoms with Crippen molar-refractivity contribution in [2.75, 3.05) is 6.61 Å². The van der Waals surface area contributed by atoms with Crippen LogP contribution >= 0.6 is 0 Å². The van der Waals surface area contributed by atoms with Crippen LogP contribution in [0.5, 0.6) is 0 Å². The smallest absolute Gasteiger partial charge is 0.306 e. The molecule has 0 radical (unpaired) electrons. The number of rotatable bonds is 15. The molecule has 0 spiro atoms. The second-order valence-electron chi connectivity index (χ2n) is 6.60. The number of carbonyl (C=O) groups excluding carboxylic acids is 3. The first-order valence-corrected chi connectivity index (χ1v) is 9.97. The molecule has 0 aliphatic carbocycles. The summed E-state index contributed by atoms with van der Waals surface area (Å²) in [5, 5.41) is 0. The van der Waals surface area contributed by atoms with E-state index < -0.39 is 0 Å². The lowest BCUT2D eigenvalue weighted by atomic mass is 10.1. The lowest BCUT2D eigenvalue weighted by Gasteiger charge is -2.20. The van der Waals surface area contributed by atoms with E-state index in [4.69, 9.17) is 14.2 Å². The fourth-order valence-corrected chi connectivity index (χ4v) is 2.45. The molecule has 0 aliphatic heterocycles. The van der Waals surface area contributed by atoms with Gasteiger partial charge in [0.05, 0.1) is 12.7 Å². The zero-order valence-corrected chi connectivity index (χ0v) is 16.9. The van der Waals surface area contributed by atoms with Crippen LogP contribution in [0.3, 0.4) is 0 Å². The monoisotopic (exact) mass is 372 g/mol. The highest BCUT2D eigenvalue weighted by Crippen LogP contribution is 2.15. The van der Waals surface area contributed by atoms with Crippen molar-refractivity contribution in [2.45, 2.75) is 104 Å². The molecule has 0 fully saturated rings. The third-order valence-corrected chi connectivity index (χ3v) is 3.82. The average Bonchev–Trinajstić information content (AvgIpc) is 2.57. The Morgan fingerprint density at radius 2 is 1.27 bits per heavy atom. The van der Waals surface area contributed by atoms with Gasteiger partial charge in [0.15, 0.2) is 0 Å². The third kappa shape index (κ3) is 13.7. The van der Waals surface area contributed by atoms with Crippen LogP contribution in [0.1, 0.15) is 91.9 Å². The molecule has 0 aliphatic rings. The van der Waals surface area contributed by atoms with Crippen molar-refractivity contribution < 1.29 is 28.6 Å². The number of carbonyl (C=O) groups is 3. The normalized spacial score (nSPS) is 12.9. The van der Waals surface area contributed by atoms with Crippen molar-refractivity contribution >= 4 is 17.9 Å². The van der Waals surface area contributed by atoms with Gasteiger partial charge >= 0.3 is 17.9 Å². The van der Waals surface area contributed by atoms with Crippen molar-refractivity contribution in [3.63, 3.8) is 0 Å². The predicted octanol–water partition coefficient (Wildman–Crippen LogP) is 4.33. The molecule has 0 rings (SSSR count). The number of hydrogen-bond acceptors (Lipinski definition) is 6. The van der Waals surface area contributed by atoms with Crippen LogP contribution in [0.2, 0.25) is 0 Å². The fourth-order valence-electron chi connectivity index (χ4n) is 2.45. The van der Waals surface area contributed by atoms with Gasteiger partial charge in [-0.25, -0.2) is 0 Å². The molecule has 6 nitrogen and oxygen atoms in total. The van der Waals surface area contributed by atoms with Gasteiger partial charge in [0.25, 0.3) is 0 Å². The van der Waals surface area contributed by atoms with Crippen LogP contribution in [0.4, 0.5) is 0 Å². The molecule has 0 bridgehead atoms. The van der Waals surface area contributed by atoms with E-state index in [0.717, 1.165) is 19.3 Å². The first-order valence-electron chi connectivity index (χ1n) is 9.97. The summed E-state index contributed by atoms with van der Waals surface area (Å²) in [6, 6.07) is 0. The Kier molecular flexibility index (Phi) is 14.7. The molecule has 2 atom stereocenters. The molecule has 0 saturated carbocycles. The minimum atomic E-state index is -0.244. The average molecular weight is 373 g/mol.